The zero-order chi connectivity index (χ0) is 16.4. The molecule has 0 saturated carbocycles. The first-order chi connectivity index (χ1) is 11.0. The summed E-state index contributed by atoms with van der Waals surface area (Å²) < 4.78 is 13.1. The van der Waals surface area contributed by atoms with E-state index in [1.807, 2.05) is 12.1 Å². The number of hydrogen-bond donors (Lipinski definition) is 1. The van der Waals surface area contributed by atoms with Gasteiger partial charge in [-0.3, -0.25) is 9.59 Å². The number of nitrogens with one attached hydrogen (secondary N) is 1. The molecule has 2 amide bonds. The Bertz CT molecular complexity index is 773. The monoisotopic (exact) mass is 312 g/mol. The van der Waals surface area contributed by atoms with Gasteiger partial charge in [-0.2, -0.15) is 0 Å². The van der Waals surface area contributed by atoms with Crippen molar-refractivity contribution in [1.29, 1.82) is 0 Å². The van der Waals surface area contributed by atoms with E-state index in [4.69, 9.17) is 0 Å². The predicted molar refractivity (Wildman–Crippen MR) is 86.9 cm³/mol. The Labute approximate surface area is 133 Å². The Hall–Kier alpha value is -2.69. The maximum atomic E-state index is 13.1. The number of carbonyl (C=O) groups is 2. The van der Waals surface area contributed by atoms with E-state index >= 15 is 0 Å². The molecule has 0 unspecified atom stereocenters. The third kappa shape index (κ3) is 3.39. The average molecular weight is 312 g/mol. The van der Waals surface area contributed by atoms with Crippen LogP contribution in [0.4, 0.5) is 15.8 Å². The highest BCUT2D eigenvalue weighted by molar-refractivity contribution is 5.97. The molecule has 2 aromatic rings. The molecule has 0 fully saturated rings. The van der Waals surface area contributed by atoms with E-state index in [1.54, 1.807) is 30.1 Å². The van der Waals surface area contributed by atoms with Crippen molar-refractivity contribution in [3.8, 4) is 0 Å². The van der Waals surface area contributed by atoms with Gasteiger partial charge in [-0.25, -0.2) is 4.39 Å². The molecule has 0 bridgehead atoms. The molecular formula is C18H17FN2O2. The van der Waals surface area contributed by atoms with Crippen LogP contribution in [0.15, 0.2) is 42.5 Å². The lowest BCUT2D eigenvalue weighted by Gasteiger charge is -2.26. The summed E-state index contributed by atoms with van der Waals surface area (Å²) in [6.07, 6.45) is 1.27. The molecular weight excluding hydrogens is 295 g/mol. The van der Waals surface area contributed by atoms with Crippen molar-refractivity contribution < 1.29 is 14.0 Å². The van der Waals surface area contributed by atoms with Gasteiger partial charge in [-0.1, -0.05) is 12.1 Å². The minimum Gasteiger partial charge on any atom is -0.326 e. The third-order valence-electron chi connectivity index (χ3n) is 3.96. The molecule has 1 aliphatic heterocycles. The van der Waals surface area contributed by atoms with Crippen LogP contribution in [0, 0.1) is 5.82 Å². The van der Waals surface area contributed by atoms with Gasteiger partial charge in [0.15, 0.2) is 0 Å². The number of halogens is 1. The van der Waals surface area contributed by atoms with Crippen LogP contribution in [0.2, 0.25) is 0 Å². The summed E-state index contributed by atoms with van der Waals surface area (Å²) in [6.45, 7) is 0. The summed E-state index contributed by atoms with van der Waals surface area (Å²) in [7, 11) is 1.75. The van der Waals surface area contributed by atoms with E-state index in [-0.39, 0.29) is 24.1 Å². The zero-order valence-corrected chi connectivity index (χ0v) is 12.8. The second-order valence-electron chi connectivity index (χ2n) is 5.65. The van der Waals surface area contributed by atoms with Crippen molar-refractivity contribution in [1.82, 2.24) is 0 Å². The molecule has 0 saturated heterocycles. The SMILES string of the molecule is CN1C(=O)CCc2cc(NC(=O)Cc3cccc(F)c3)ccc21. The second-order valence-corrected chi connectivity index (χ2v) is 5.65. The van der Waals surface area contributed by atoms with E-state index in [0.29, 0.717) is 24.1 Å². The van der Waals surface area contributed by atoms with Gasteiger partial charge < -0.3 is 10.2 Å². The average Bonchev–Trinajstić information content (AvgIpc) is 2.51. The van der Waals surface area contributed by atoms with Gasteiger partial charge in [-0.15, -0.1) is 0 Å². The highest BCUT2D eigenvalue weighted by Gasteiger charge is 2.21. The summed E-state index contributed by atoms with van der Waals surface area (Å²) in [6, 6.07) is 11.5. The van der Waals surface area contributed by atoms with E-state index < -0.39 is 0 Å². The van der Waals surface area contributed by atoms with Crippen LogP contribution in [0.25, 0.3) is 0 Å². The van der Waals surface area contributed by atoms with Gasteiger partial charge in [0, 0.05) is 24.8 Å². The maximum Gasteiger partial charge on any atom is 0.228 e. The van der Waals surface area contributed by atoms with Crippen LogP contribution in [0.5, 0.6) is 0 Å². The maximum absolute atomic E-state index is 13.1. The van der Waals surface area contributed by atoms with Crippen LogP contribution in [0.1, 0.15) is 17.5 Å². The molecule has 0 aromatic heterocycles. The molecule has 2 aromatic carbocycles. The fourth-order valence-electron chi connectivity index (χ4n) is 2.77. The lowest BCUT2D eigenvalue weighted by molar-refractivity contribution is -0.118. The predicted octanol–water partition coefficient (Wildman–Crippen LogP) is 2.92. The molecule has 4 nitrogen and oxygen atoms in total. The van der Waals surface area contributed by atoms with E-state index in [0.717, 1.165) is 11.3 Å². The Morgan fingerprint density at radius 3 is 2.83 bits per heavy atom. The zero-order valence-electron chi connectivity index (χ0n) is 12.8. The molecule has 1 heterocycles. The number of amides is 2. The minimum atomic E-state index is -0.350. The molecule has 0 spiro atoms. The first-order valence-corrected chi connectivity index (χ1v) is 7.47. The van der Waals surface area contributed by atoms with Crippen molar-refractivity contribution >= 4 is 23.2 Å². The Balaban J connectivity index is 1.71. The fraction of sp³-hybridized carbons (Fsp3) is 0.222. The molecule has 118 valence electrons. The van der Waals surface area contributed by atoms with Crippen molar-refractivity contribution in [3.63, 3.8) is 0 Å². The van der Waals surface area contributed by atoms with Crippen LogP contribution in [-0.4, -0.2) is 18.9 Å². The lowest BCUT2D eigenvalue weighted by Crippen LogP contribution is -2.31. The lowest BCUT2D eigenvalue weighted by atomic mass is 10.0. The Kier molecular flexibility index (Phi) is 4.10. The highest BCUT2D eigenvalue weighted by Crippen LogP contribution is 2.29. The van der Waals surface area contributed by atoms with E-state index in [1.165, 1.54) is 12.1 Å². The standard InChI is InChI=1S/C18H17FN2O2/c1-21-16-7-6-15(11-13(16)5-8-18(21)23)20-17(22)10-12-3-2-4-14(19)9-12/h2-4,6-7,9,11H,5,8,10H2,1H3,(H,20,22). The summed E-state index contributed by atoms with van der Waals surface area (Å²) in [5.41, 5.74) is 3.23. The van der Waals surface area contributed by atoms with Gasteiger partial charge in [-0.05, 0) is 47.9 Å². The summed E-state index contributed by atoms with van der Waals surface area (Å²) in [4.78, 5) is 25.4. The van der Waals surface area contributed by atoms with Crippen molar-refractivity contribution in [2.45, 2.75) is 19.3 Å². The van der Waals surface area contributed by atoms with Gasteiger partial charge in [0.1, 0.15) is 5.82 Å². The Morgan fingerprint density at radius 2 is 2.04 bits per heavy atom. The van der Waals surface area contributed by atoms with Gasteiger partial charge >= 0.3 is 0 Å². The topological polar surface area (TPSA) is 49.4 Å². The number of hydrogen-bond acceptors (Lipinski definition) is 2. The molecule has 5 heteroatoms. The largest absolute Gasteiger partial charge is 0.326 e. The van der Waals surface area contributed by atoms with Crippen LogP contribution in [0.3, 0.4) is 0 Å². The third-order valence-corrected chi connectivity index (χ3v) is 3.96. The molecule has 1 aliphatic rings. The molecule has 0 aliphatic carbocycles. The molecule has 23 heavy (non-hydrogen) atoms. The molecule has 0 radical (unpaired) electrons. The molecule has 3 rings (SSSR count). The minimum absolute atomic E-state index is 0.0976. The van der Waals surface area contributed by atoms with Crippen LogP contribution in [-0.2, 0) is 22.4 Å². The number of nitrogens with zero attached hydrogens (tertiary/aromatic N) is 1. The first kappa shape index (κ1) is 15.2. The van der Waals surface area contributed by atoms with Crippen molar-refractivity contribution in [2.75, 3.05) is 17.3 Å². The Morgan fingerprint density at radius 1 is 1.22 bits per heavy atom. The quantitative estimate of drug-likeness (QED) is 0.947. The van der Waals surface area contributed by atoms with Gasteiger partial charge in [0.2, 0.25) is 11.8 Å². The number of carbonyl (C=O) groups excluding carboxylic acids is 2. The van der Waals surface area contributed by atoms with Crippen LogP contribution < -0.4 is 10.2 Å². The van der Waals surface area contributed by atoms with E-state index in [9.17, 15) is 14.0 Å². The number of fused-ring (bicyclic) bond motifs is 1. The van der Waals surface area contributed by atoms with E-state index in [2.05, 4.69) is 5.32 Å². The summed E-state index contributed by atoms with van der Waals surface area (Å²) in [5.74, 6) is -0.451. The van der Waals surface area contributed by atoms with Crippen LogP contribution >= 0.6 is 0 Å². The van der Waals surface area contributed by atoms with Gasteiger partial charge in [0.05, 0.1) is 6.42 Å². The number of anilines is 2. The van der Waals surface area contributed by atoms with Gasteiger partial charge in [0.25, 0.3) is 0 Å². The number of benzene rings is 2. The molecule has 0 atom stereocenters. The second kappa shape index (κ2) is 6.20. The normalized spacial score (nSPS) is 13.7. The fourth-order valence-corrected chi connectivity index (χ4v) is 2.77. The summed E-state index contributed by atoms with van der Waals surface area (Å²) in [5, 5.41) is 2.82. The smallest absolute Gasteiger partial charge is 0.228 e. The molecule has 1 N–H and O–H groups in total. The first-order valence-electron chi connectivity index (χ1n) is 7.47. The highest BCUT2D eigenvalue weighted by atomic mass is 19.1. The summed E-state index contributed by atoms with van der Waals surface area (Å²) >= 11 is 0. The van der Waals surface area contributed by atoms with Crippen molar-refractivity contribution in [3.05, 3.63) is 59.4 Å². The van der Waals surface area contributed by atoms with Crippen molar-refractivity contribution in [2.24, 2.45) is 0 Å². The number of aryl methyl sites for hydroxylation is 1. The number of rotatable bonds is 3.